The Labute approximate surface area is 127 Å². The quantitative estimate of drug-likeness (QED) is 0.638. The maximum atomic E-state index is 11.9. The van der Waals surface area contributed by atoms with Crippen LogP contribution in [0.2, 0.25) is 0 Å². The van der Waals surface area contributed by atoms with Gasteiger partial charge >= 0.3 is 12.0 Å². The van der Waals surface area contributed by atoms with Gasteiger partial charge in [-0.3, -0.25) is 0 Å². The maximum absolute atomic E-state index is 11.9. The van der Waals surface area contributed by atoms with Gasteiger partial charge in [-0.2, -0.15) is 0 Å². The summed E-state index contributed by atoms with van der Waals surface area (Å²) in [6.45, 7) is 4.86. The van der Waals surface area contributed by atoms with Crippen molar-refractivity contribution in [2.75, 3.05) is 20.1 Å². The molecule has 1 saturated carbocycles. The Kier molecular flexibility index (Phi) is 6.95. The summed E-state index contributed by atoms with van der Waals surface area (Å²) in [5.41, 5.74) is -1.17. The molecule has 1 aliphatic carbocycles. The van der Waals surface area contributed by atoms with Crippen LogP contribution in [0, 0.1) is 0 Å². The van der Waals surface area contributed by atoms with Crippen LogP contribution in [0.4, 0.5) is 4.79 Å². The molecular weight excluding hydrogens is 270 g/mol. The molecule has 0 aromatic carbocycles. The molecule has 0 radical (unpaired) electrons. The second-order valence-electron chi connectivity index (χ2n) is 5.89. The van der Waals surface area contributed by atoms with E-state index in [2.05, 4.69) is 22.6 Å². The summed E-state index contributed by atoms with van der Waals surface area (Å²) in [6.07, 6.45) is 5.78. The summed E-state index contributed by atoms with van der Waals surface area (Å²) < 4.78 is 0. The highest BCUT2D eigenvalue weighted by atomic mass is 16.4. The number of hydrogen-bond donors (Lipinski definition) is 3. The molecule has 1 fully saturated rings. The summed E-state index contributed by atoms with van der Waals surface area (Å²) in [4.78, 5) is 25.5. The van der Waals surface area contributed by atoms with Crippen molar-refractivity contribution in [2.45, 2.75) is 64.0 Å². The summed E-state index contributed by atoms with van der Waals surface area (Å²) in [6, 6.07) is 0.222. The number of carbonyl (C=O) groups excluding carboxylic acids is 1. The third kappa shape index (κ3) is 4.88. The molecule has 0 spiro atoms. The fourth-order valence-electron chi connectivity index (χ4n) is 2.92. The molecule has 21 heavy (non-hydrogen) atoms. The van der Waals surface area contributed by atoms with E-state index in [0.29, 0.717) is 25.4 Å². The summed E-state index contributed by atoms with van der Waals surface area (Å²) in [7, 11) is 2.08. The highest BCUT2D eigenvalue weighted by Gasteiger charge is 2.36. The molecule has 3 N–H and O–H groups in total. The molecule has 1 rings (SSSR count). The fourth-order valence-corrected chi connectivity index (χ4v) is 2.92. The Hall–Kier alpha value is -1.30. The summed E-state index contributed by atoms with van der Waals surface area (Å²) in [5, 5.41) is 14.6. The van der Waals surface area contributed by atoms with Gasteiger partial charge in [0.05, 0.1) is 0 Å². The number of hydrogen-bond acceptors (Lipinski definition) is 3. The van der Waals surface area contributed by atoms with Crippen molar-refractivity contribution in [3.8, 4) is 0 Å². The maximum Gasteiger partial charge on any atom is 0.329 e. The van der Waals surface area contributed by atoms with E-state index in [-0.39, 0.29) is 0 Å². The first-order chi connectivity index (χ1) is 9.95. The lowest BCUT2D eigenvalue weighted by Gasteiger charge is -2.28. The molecule has 122 valence electrons. The van der Waals surface area contributed by atoms with E-state index < -0.39 is 17.5 Å². The van der Waals surface area contributed by atoms with Crippen molar-refractivity contribution in [1.82, 2.24) is 15.5 Å². The minimum absolute atomic E-state index is 0.369. The lowest BCUT2D eigenvalue weighted by Crippen LogP contribution is -2.57. The van der Waals surface area contributed by atoms with Crippen LogP contribution in [0.1, 0.15) is 52.4 Å². The van der Waals surface area contributed by atoms with Gasteiger partial charge in [-0.25, -0.2) is 9.59 Å². The van der Waals surface area contributed by atoms with Gasteiger partial charge in [0.15, 0.2) is 0 Å². The van der Waals surface area contributed by atoms with E-state index in [9.17, 15) is 14.7 Å². The Morgan fingerprint density at radius 2 is 1.81 bits per heavy atom. The van der Waals surface area contributed by atoms with Crippen molar-refractivity contribution in [3.05, 3.63) is 0 Å². The van der Waals surface area contributed by atoms with Crippen LogP contribution in [0.5, 0.6) is 0 Å². The molecule has 0 heterocycles. The van der Waals surface area contributed by atoms with Crippen LogP contribution >= 0.6 is 0 Å². The lowest BCUT2D eigenvalue weighted by atomic mass is 9.93. The van der Waals surface area contributed by atoms with Crippen molar-refractivity contribution >= 4 is 12.0 Å². The number of carbonyl (C=O) groups is 2. The predicted octanol–water partition coefficient (Wildman–Crippen LogP) is 1.80. The molecule has 6 heteroatoms. The van der Waals surface area contributed by atoms with E-state index >= 15 is 0 Å². The molecule has 0 aromatic heterocycles. The smallest absolute Gasteiger partial charge is 0.329 e. The lowest BCUT2D eigenvalue weighted by molar-refractivity contribution is -0.144. The number of carboxylic acid groups (broad SMARTS) is 1. The number of nitrogens with zero attached hydrogens (tertiary/aromatic N) is 1. The summed E-state index contributed by atoms with van der Waals surface area (Å²) >= 11 is 0. The monoisotopic (exact) mass is 299 g/mol. The van der Waals surface area contributed by atoms with Gasteiger partial charge in [0.2, 0.25) is 0 Å². The second-order valence-corrected chi connectivity index (χ2v) is 5.89. The minimum Gasteiger partial charge on any atom is -0.480 e. The molecule has 0 aromatic rings. The van der Waals surface area contributed by atoms with Crippen LogP contribution in [0.25, 0.3) is 0 Å². The van der Waals surface area contributed by atoms with Crippen LogP contribution in [-0.2, 0) is 4.79 Å². The van der Waals surface area contributed by atoms with Gasteiger partial charge in [-0.15, -0.1) is 0 Å². The number of amides is 2. The predicted molar refractivity (Wildman–Crippen MR) is 82.4 cm³/mol. The van der Waals surface area contributed by atoms with E-state index in [1.165, 1.54) is 25.7 Å². The van der Waals surface area contributed by atoms with Crippen LogP contribution in [-0.4, -0.2) is 53.7 Å². The average Bonchev–Trinajstić information content (AvgIpc) is 2.98. The average molecular weight is 299 g/mol. The molecule has 0 aliphatic heterocycles. The molecular formula is C15H29N3O3. The van der Waals surface area contributed by atoms with Gasteiger partial charge in [-0.05, 0) is 32.7 Å². The normalized spacial score (nSPS) is 16.2. The Morgan fingerprint density at radius 3 is 2.29 bits per heavy atom. The number of nitrogens with one attached hydrogen (secondary N) is 2. The zero-order chi connectivity index (χ0) is 15.9. The van der Waals surface area contributed by atoms with Gasteiger partial charge in [0, 0.05) is 19.1 Å². The first-order valence-electron chi connectivity index (χ1n) is 7.94. The highest BCUT2D eigenvalue weighted by Crippen LogP contribution is 2.21. The van der Waals surface area contributed by atoms with Crippen molar-refractivity contribution in [1.29, 1.82) is 0 Å². The van der Waals surface area contributed by atoms with Crippen LogP contribution in [0.15, 0.2) is 0 Å². The molecule has 1 aliphatic rings. The van der Waals surface area contributed by atoms with E-state index in [0.717, 1.165) is 6.54 Å². The standard InChI is InChI=1S/C15H29N3O3/c1-4-15(5-2,13(19)20)17-14(21)16-10-11-18(3)12-8-6-7-9-12/h12H,4-11H2,1-3H3,(H,19,20)(H2,16,17,21). The topological polar surface area (TPSA) is 81.7 Å². The zero-order valence-corrected chi connectivity index (χ0v) is 13.4. The number of rotatable bonds is 8. The van der Waals surface area contributed by atoms with Crippen molar-refractivity contribution < 1.29 is 14.7 Å². The third-order valence-corrected chi connectivity index (χ3v) is 4.67. The van der Waals surface area contributed by atoms with Crippen molar-refractivity contribution in [3.63, 3.8) is 0 Å². The van der Waals surface area contributed by atoms with Crippen LogP contribution in [0.3, 0.4) is 0 Å². The Bertz CT molecular complexity index is 350. The van der Waals surface area contributed by atoms with Gasteiger partial charge in [0.1, 0.15) is 5.54 Å². The molecule has 0 saturated heterocycles. The SMILES string of the molecule is CCC(CC)(NC(=O)NCCN(C)C1CCCC1)C(=O)O. The number of urea groups is 1. The number of aliphatic carboxylic acids is 1. The van der Waals surface area contributed by atoms with E-state index in [1.807, 2.05) is 0 Å². The summed E-state index contributed by atoms with van der Waals surface area (Å²) in [5.74, 6) is -0.981. The van der Waals surface area contributed by atoms with Gasteiger partial charge in [-0.1, -0.05) is 26.7 Å². The third-order valence-electron chi connectivity index (χ3n) is 4.67. The van der Waals surface area contributed by atoms with E-state index in [4.69, 9.17) is 0 Å². The number of carboxylic acids is 1. The van der Waals surface area contributed by atoms with Gasteiger partial charge < -0.3 is 20.6 Å². The largest absolute Gasteiger partial charge is 0.480 e. The zero-order valence-electron chi connectivity index (χ0n) is 13.4. The molecule has 0 unspecified atom stereocenters. The van der Waals surface area contributed by atoms with Gasteiger partial charge in [0.25, 0.3) is 0 Å². The fraction of sp³-hybridized carbons (Fsp3) is 0.867. The molecule has 0 bridgehead atoms. The Morgan fingerprint density at radius 1 is 1.24 bits per heavy atom. The molecule has 6 nitrogen and oxygen atoms in total. The number of likely N-dealkylation sites (N-methyl/N-ethyl adjacent to an activating group) is 1. The van der Waals surface area contributed by atoms with Crippen molar-refractivity contribution in [2.24, 2.45) is 0 Å². The minimum atomic E-state index is -1.17. The molecule has 0 atom stereocenters. The Balaban J connectivity index is 2.34. The van der Waals surface area contributed by atoms with Crippen LogP contribution < -0.4 is 10.6 Å². The molecule has 2 amide bonds. The first kappa shape index (κ1) is 17.8. The van der Waals surface area contributed by atoms with E-state index in [1.54, 1.807) is 13.8 Å². The second kappa shape index (κ2) is 8.22. The first-order valence-corrected chi connectivity index (χ1v) is 7.94. The highest BCUT2D eigenvalue weighted by molar-refractivity contribution is 5.86.